The third-order valence-corrected chi connectivity index (χ3v) is 2.70. The van der Waals surface area contributed by atoms with Gasteiger partial charge in [0.1, 0.15) is 11.5 Å². The maximum atomic E-state index is 5.96. The molecule has 0 amide bonds. The molecule has 2 atom stereocenters. The topological polar surface area (TPSA) is 39.2 Å². The van der Waals surface area contributed by atoms with Crippen molar-refractivity contribution in [2.45, 2.75) is 38.1 Å². The summed E-state index contributed by atoms with van der Waals surface area (Å²) < 4.78 is 5.56. The van der Waals surface area contributed by atoms with E-state index in [4.69, 9.17) is 10.2 Å². The predicted molar refractivity (Wildman–Crippen MR) is 48.0 cm³/mol. The first kappa shape index (κ1) is 7.87. The summed E-state index contributed by atoms with van der Waals surface area (Å²) in [5, 5.41) is 0. The van der Waals surface area contributed by atoms with Crippen LogP contribution in [0.4, 0.5) is 0 Å². The van der Waals surface area contributed by atoms with Crippen LogP contribution in [0.15, 0.2) is 16.5 Å². The Kier molecular flexibility index (Phi) is 1.93. The van der Waals surface area contributed by atoms with Crippen molar-refractivity contribution in [3.05, 3.63) is 23.7 Å². The molecule has 1 aliphatic carbocycles. The molecule has 1 aromatic heterocycles. The van der Waals surface area contributed by atoms with Crippen molar-refractivity contribution in [3.63, 3.8) is 0 Å². The molecule has 2 heteroatoms. The first-order chi connectivity index (χ1) is 5.77. The minimum Gasteiger partial charge on any atom is -0.466 e. The summed E-state index contributed by atoms with van der Waals surface area (Å²) >= 11 is 0. The highest BCUT2D eigenvalue weighted by Crippen LogP contribution is 2.33. The molecule has 1 heterocycles. The summed E-state index contributed by atoms with van der Waals surface area (Å²) in [6, 6.07) is 4.39. The van der Waals surface area contributed by atoms with E-state index in [0.29, 0.717) is 12.0 Å². The van der Waals surface area contributed by atoms with Crippen molar-refractivity contribution in [1.29, 1.82) is 0 Å². The molecular formula is C10H15NO. The number of hydrogen-bond donors (Lipinski definition) is 1. The highest BCUT2D eigenvalue weighted by Gasteiger charge is 2.27. The molecule has 0 saturated heterocycles. The van der Waals surface area contributed by atoms with Crippen LogP contribution in [-0.2, 0) is 0 Å². The third-order valence-electron chi connectivity index (χ3n) is 2.70. The fourth-order valence-corrected chi connectivity index (χ4v) is 1.99. The molecule has 0 spiro atoms. The lowest BCUT2D eigenvalue weighted by Crippen LogP contribution is -2.22. The summed E-state index contributed by atoms with van der Waals surface area (Å²) in [6.07, 6.45) is 3.57. The van der Waals surface area contributed by atoms with Gasteiger partial charge in [-0.15, -0.1) is 0 Å². The monoisotopic (exact) mass is 165 g/mol. The Bertz CT molecular complexity index is 267. The van der Waals surface area contributed by atoms with Gasteiger partial charge >= 0.3 is 0 Å². The van der Waals surface area contributed by atoms with Crippen LogP contribution in [0.5, 0.6) is 0 Å². The molecular weight excluding hydrogens is 150 g/mol. The normalized spacial score (nSPS) is 29.5. The molecule has 1 saturated carbocycles. The molecule has 0 aromatic carbocycles. The molecule has 0 bridgehead atoms. The van der Waals surface area contributed by atoms with Crippen molar-refractivity contribution in [1.82, 2.24) is 0 Å². The fourth-order valence-electron chi connectivity index (χ4n) is 1.99. The minimum absolute atomic E-state index is 0.315. The highest BCUT2D eigenvalue weighted by atomic mass is 16.3. The van der Waals surface area contributed by atoms with E-state index in [1.165, 1.54) is 12.8 Å². The first-order valence-electron chi connectivity index (χ1n) is 4.59. The summed E-state index contributed by atoms with van der Waals surface area (Å²) in [4.78, 5) is 0. The van der Waals surface area contributed by atoms with Gasteiger partial charge in [-0.1, -0.05) is 6.42 Å². The molecule has 1 fully saturated rings. The zero-order valence-electron chi connectivity index (χ0n) is 7.42. The van der Waals surface area contributed by atoms with Gasteiger partial charge in [-0.25, -0.2) is 0 Å². The molecule has 12 heavy (non-hydrogen) atoms. The summed E-state index contributed by atoms with van der Waals surface area (Å²) in [5.74, 6) is 2.54. The van der Waals surface area contributed by atoms with E-state index in [0.717, 1.165) is 17.9 Å². The van der Waals surface area contributed by atoms with Crippen molar-refractivity contribution < 1.29 is 4.42 Å². The van der Waals surface area contributed by atoms with E-state index in [1.807, 2.05) is 13.0 Å². The maximum absolute atomic E-state index is 5.96. The van der Waals surface area contributed by atoms with Crippen LogP contribution in [0, 0.1) is 6.92 Å². The SMILES string of the molecule is Cc1ccc(C2CCCC2N)o1. The lowest BCUT2D eigenvalue weighted by atomic mass is 10.0. The zero-order chi connectivity index (χ0) is 8.55. The van der Waals surface area contributed by atoms with E-state index < -0.39 is 0 Å². The average Bonchev–Trinajstić information content (AvgIpc) is 2.58. The Hall–Kier alpha value is -0.760. The summed E-state index contributed by atoms with van der Waals surface area (Å²) in [5.41, 5.74) is 5.96. The summed E-state index contributed by atoms with van der Waals surface area (Å²) in [7, 11) is 0. The molecule has 0 aliphatic heterocycles. The molecule has 66 valence electrons. The quantitative estimate of drug-likeness (QED) is 0.692. The van der Waals surface area contributed by atoms with Crippen molar-refractivity contribution in [2.24, 2.45) is 5.73 Å². The van der Waals surface area contributed by atoms with Gasteiger partial charge in [0.15, 0.2) is 0 Å². The predicted octanol–water partition coefficient (Wildman–Crippen LogP) is 2.18. The van der Waals surface area contributed by atoms with Crippen LogP contribution in [0.3, 0.4) is 0 Å². The molecule has 2 N–H and O–H groups in total. The summed E-state index contributed by atoms with van der Waals surface area (Å²) in [6.45, 7) is 1.98. The van der Waals surface area contributed by atoms with Crippen molar-refractivity contribution in [3.8, 4) is 0 Å². The molecule has 1 aliphatic rings. The number of hydrogen-bond acceptors (Lipinski definition) is 2. The largest absolute Gasteiger partial charge is 0.466 e. The van der Waals surface area contributed by atoms with E-state index >= 15 is 0 Å². The second-order valence-electron chi connectivity index (χ2n) is 3.65. The van der Waals surface area contributed by atoms with Gasteiger partial charge in [0.2, 0.25) is 0 Å². The third kappa shape index (κ3) is 1.27. The number of furan rings is 1. The second-order valence-corrected chi connectivity index (χ2v) is 3.65. The van der Waals surface area contributed by atoms with Gasteiger partial charge in [0, 0.05) is 12.0 Å². The smallest absolute Gasteiger partial charge is 0.108 e. The van der Waals surface area contributed by atoms with Crippen molar-refractivity contribution in [2.75, 3.05) is 0 Å². The van der Waals surface area contributed by atoms with E-state index in [1.54, 1.807) is 0 Å². The number of rotatable bonds is 1. The van der Waals surface area contributed by atoms with Gasteiger partial charge in [0.25, 0.3) is 0 Å². The average molecular weight is 165 g/mol. The molecule has 2 nitrogen and oxygen atoms in total. The molecule has 2 rings (SSSR count). The Morgan fingerprint density at radius 3 is 2.75 bits per heavy atom. The highest BCUT2D eigenvalue weighted by molar-refractivity contribution is 5.13. The van der Waals surface area contributed by atoms with Gasteiger partial charge in [0.05, 0.1) is 0 Å². The van der Waals surface area contributed by atoms with Crippen LogP contribution in [-0.4, -0.2) is 6.04 Å². The minimum atomic E-state index is 0.315. The van der Waals surface area contributed by atoms with Gasteiger partial charge < -0.3 is 10.2 Å². The van der Waals surface area contributed by atoms with Crippen LogP contribution in [0.2, 0.25) is 0 Å². The van der Waals surface area contributed by atoms with Crippen LogP contribution in [0.1, 0.15) is 36.7 Å². The zero-order valence-corrected chi connectivity index (χ0v) is 7.42. The molecule has 0 radical (unpaired) electrons. The Labute approximate surface area is 72.7 Å². The van der Waals surface area contributed by atoms with Crippen molar-refractivity contribution >= 4 is 0 Å². The van der Waals surface area contributed by atoms with Gasteiger partial charge in [-0.05, 0) is 31.9 Å². The van der Waals surface area contributed by atoms with Gasteiger partial charge in [-0.3, -0.25) is 0 Å². The molecule has 2 unspecified atom stereocenters. The van der Waals surface area contributed by atoms with E-state index in [2.05, 4.69) is 6.07 Å². The lowest BCUT2D eigenvalue weighted by Gasteiger charge is -2.11. The van der Waals surface area contributed by atoms with Crippen LogP contribution >= 0.6 is 0 Å². The fraction of sp³-hybridized carbons (Fsp3) is 0.600. The second kappa shape index (κ2) is 2.94. The van der Waals surface area contributed by atoms with Crippen LogP contribution in [0.25, 0.3) is 0 Å². The van der Waals surface area contributed by atoms with Gasteiger partial charge in [-0.2, -0.15) is 0 Å². The Morgan fingerprint density at radius 1 is 1.42 bits per heavy atom. The number of aryl methyl sites for hydroxylation is 1. The maximum Gasteiger partial charge on any atom is 0.108 e. The Balaban J connectivity index is 2.19. The van der Waals surface area contributed by atoms with E-state index in [9.17, 15) is 0 Å². The number of nitrogens with two attached hydrogens (primary N) is 1. The molecule has 1 aromatic rings. The Morgan fingerprint density at radius 2 is 2.25 bits per heavy atom. The van der Waals surface area contributed by atoms with Crippen LogP contribution < -0.4 is 5.73 Å². The first-order valence-corrected chi connectivity index (χ1v) is 4.59. The standard InChI is InChI=1S/C10H15NO/c1-7-5-6-10(12-7)8-3-2-4-9(8)11/h5-6,8-9H,2-4,11H2,1H3. The lowest BCUT2D eigenvalue weighted by molar-refractivity contribution is 0.427. The van der Waals surface area contributed by atoms with E-state index in [-0.39, 0.29) is 0 Å².